The fourth-order valence-electron chi connectivity index (χ4n) is 3.09. The molecular formula is C21H22FN3O. The molecule has 1 aliphatic heterocycles. The molecule has 0 unspecified atom stereocenters. The van der Waals surface area contributed by atoms with Gasteiger partial charge in [0.2, 0.25) is 0 Å². The number of anilines is 1. The summed E-state index contributed by atoms with van der Waals surface area (Å²) in [5, 5.41) is 4.01. The SMILES string of the molecule is CC1=CC(C)(C)N(C)c2ccc(/C=N\NC(=O)c3ccc(F)cc3)cc21. The topological polar surface area (TPSA) is 44.7 Å². The Morgan fingerprint density at radius 3 is 2.58 bits per heavy atom. The molecule has 1 heterocycles. The minimum atomic E-state index is -0.379. The lowest BCUT2D eigenvalue weighted by atomic mass is 9.89. The van der Waals surface area contributed by atoms with Gasteiger partial charge in [0, 0.05) is 23.9 Å². The first kappa shape index (κ1) is 17.9. The third-order valence-corrected chi connectivity index (χ3v) is 4.73. The van der Waals surface area contributed by atoms with Crippen LogP contribution in [0.15, 0.2) is 53.6 Å². The smallest absolute Gasteiger partial charge is 0.271 e. The largest absolute Gasteiger partial charge is 0.366 e. The van der Waals surface area contributed by atoms with Crippen LogP contribution in [0.3, 0.4) is 0 Å². The van der Waals surface area contributed by atoms with E-state index in [0.29, 0.717) is 5.56 Å². The van der Waals surface area contributed by atoms with E-state index >= 15 is 0 Å². The van der Waals surface area contributed by atoms with Crippen molar-refractivity contribution in [3.63, 3.8) is 0 Å². The number of carbonyl (C=O) groups excluding carboxylic acids is 1. The van der Waals surface area contributed by atoms with Crippen LogP contribution in [0.4, 0.5) is 10.1 Å². The van der Waals surface area contributed by atoms with Crippen LogP contribution in [-0.4, -0.2) is 24.7 Å². The third-order valence-electron chi connectivity index (χ3n) is 4.73. The second-order valence-electron chi connectivity index (χ2n) is 7.02. The second kappa shape index (κ2) is 6.75. The molecule has 2 aromatic carbocycles. The van der Waals surface area contributed by atoms with E-state index in [1.165, 1.54) is 35.5 Å². The number of nitrogens with zero attached hydrogens (tertiary/aromatic N) is 2. The Morgan fingerprint density at radius 1 is 1.19 bits per heavy atom. The van der Waals surface area contributed by atoms with Crippen molar-refractivity contribution in [1.82, 2.24) is 5.43 Å². The maximum atomic E-state index is 12.9. The maximum Gasteiger partial charge on any atom is 0.271 e. The van der Waals surface area contributed by atoms with Gasteiger partial charge in [-0.2, -0.15) is 5.10 Å². The number of carbonyl (C=O) groups is 1. The lowest BCUT2D eigenvalue weighted by Gasteiger charge is -2.40. The van der Waals surface area contributed by atoms with Crippen LogP contribution < -0.4 is 10.3 Å². The highest BCUT2D eigenvalue weighted by molar-refractivity contribution is 5.95. The summed E-state index contributed by atoms with van der Waals surface area (Å²) in [4.78, 5) is 14.2. The minimum Gasteiger partial charge on any atom is -0.366 e. The number of nitrogens with one attached hydrogen (secondary N) is 1. The average molecular weight is 351 g/mol. The molecule has 1 N–H and O–H groups in total. The van der Waals surface area contributed by atoms with Gasteiger partial charge in [-0.3, -0.25) is 4.79 Å². The molecular weight excluding hydrogens is 329 g/mol. The minimum absolute atomic E-state index is 0.0319. The monoisotopic (exact) mass is 351 g/mol. The van der Waals surface area contributed by atoms with Gasteiger partial charge in [0.25, 0.3) is 5.91 Å². The number of halogens is 1. The van der Waals surface area contributed by atoms with E-state index in [2.05, 4.69) is 61.5 Å². The summed E-state index contributed by atoms with van der Waals surface area (Å²) in [6.45, 7) is 6.46. The summed E-state index contributed by atoms with van der Waals surface area (Å²) in [5.74, 6) is -0.757. The molecule has 2 aromatic rings. The van der Waals surface area contributed by atoms with Crippen LogP contribution in [0.1, 0.15) is 42.3 Å². The summed E-state index contributed by atoms with van der Waals surface area (Å²) in [6, 6.07) is 11.4. The van der Waals surface area contributed by atoms with Gasteiger partial charge >= 0.3 is 0 Å². The van der Waals surface area contributed by atoms with Crippen molar-refractivity contribution >= 4 is 23.4 Å². The maximum absolute atomic E-state index is 12.9. The first-order valence-electron chi connectivity index (χ1n) is 8.44. The Morgan fingerprint density at radius 2 is 1.88 bits per heavy atom. The number of fused-ring (bicyclic) bond motifs is 1. The first-order chi connectivity index (χ1) is 12.3. The zero-order chi connectivity index (χ0) is 18.9. The van der Waals surface area contributed by atoms with E-state index in [1.807, 2.05) is 6.07 Å². The summed E-state index contributed by atoms with van der Waals surface area (Å²) in [7, 11) is 2.08. The van der Waals surface area contributed by atoms with Gasteiger partial charge < -0.3 is 4.90 Å². The number of rotatable bonds is 3. The average Bonchev–Trinajstić information content (AvgIpc) is 2.60. The van der Waals surface area contributed by atoms with Crippen molar-refractivity contribution in [1.29, 1.82) is 0 Å². The van der Waals surface area contributed by atoms with Crippen LogP contribution >= 0.6 is 0 Å². The zero-order valence-electron chi connectivity index (χ0n) is 15.4. The fraction of sp³-hybridized carbons (Fsp3) is 0.238. The lowest BCUT2D eigenvalue weighted by Crippen LogP contribution is -2.42. The molecule has 0 aromatic heterocycles. The van der Waals surface area contributed by atoms with Gasteiger partial charge in [-0.05, 0) is 68.3 Å². The molecule has 0 radical (unpaired) electrons. The molecule has 0 bridgehead atoms. The standard InChI is InChI=1S/C21H22FN3O/c1-14-12-21(2,3)25(4)19-10-5-15(11-18(14)19)13-23-24-20(26)16-6-8-17(22)9-7-16/h5-13H,1-4H3,(H,24,26)/b23-13-. The number of likely N-dealkylation sites (N-methyl/N-ethyl adjacent to an activating group) is 1. The van der Waals surface area contributed by atoms with E-state index in [-0.39, 0.29) is 17.3 Å². The third kappa shape index (κ3) is 3.52. The highest BCUT2D eigenvalue weighted by Gasteiger charge is 2.28. The van der Waals surface area contributed by atoms with Gasteiger partial charge in [-0.1, -0.05) is 12.1 Å². The summed E-state index contributed by atoms with van der Waals surface area (Å²) >= 11 is 0. The van der Waals surface area contributed by atoms with E-state index in [4.69, 9.17) is 0 Å². The number of benzene rings is 2. The second-order valence-corrected chi connectivity index (χ2v) is 7.02. The van der Waals surface area contributed by atoms with Crippen molar-refractivity contribution in [2.24, 2.45) is 5.10 Å². The Kier molecular flexibility index (Phi) is 4.64. The number of hydrogen-bond donors (Lipinski definition) is 1. The van der Waals surface area contributed by atoms with Gasteiger partial charge in [0.05, 0.1) is 11.8 Å². The molecule has 134 valence electrons. The van der Waals surface area contributed by atoms with E-state index in [0.717, 1.165) is 11.1 Å². The summed E-state index contributed by atoms with van der Waals surface area (Å²) in [5.41, 5.74) is 7.22. The van der Waals surface area contributed by atoms with Crippen molar-refractivity contribution in [2.45, 2.75) is 26.3 Å². The number of allylic oxidation sites excluding steroid dienone is 1. The van der Waals surface area contributed by atoms with Gasteiger partial charge in [-0.25, -0.2) is 9.82 Å². The first-order valence-corrected chi connectivity index (χ1v) is 8.44. The van der Waals surface area contributed by atoms with Gasteiger partial charge in [0.15, 0.2) is 0 Å². The van der Waals surface area contributed by atoms with Crippen LogP contribution in [0.2, 0.25) is 0 Å². The van der Waals surface area contributed by atoms with E-state index in [1.54, 1.807) is 6.21 Å². The van der Waals surface area contributed by atoms with Gasteiger partial charge in [0.1, 0.15) is 5.82 Å². The van der Waals surface area contributed by atoms with Crippen LogP contribution in [0, 0.1) is 5.82 Å². The highest BCUT2D eigenvalue weighted by atomic mass is 19.1. The molecule has 3 rings (SSSR count). The molecule has 5 heteroatoms. The predicted octanol–water partition coefficient (Wildman–Crippen LogP) is 4.22. The Balaban J connectivity index is 1.75. The fourth-order valence-corrected chi connectivity index (χ4v) is 3.09. The zero-order valence-corrected chi connectivity index (χ0v) is 15.4. The molecule has 1 amide bonds. The number of hydrazone groups is 1. The molecule has 1 aliphatic rings. The van der Waals surface area contributed by atoms with E-state index in [9.17, 15) is 9.18 Å². The molecule has 4 nitrogen and oxygen atoms in total. The van der Waals surface area contributed by atoms with Crippen LogP contribution in [0.25, 0.3) is 5.57 Å². The predicted molar refractivity (Wildman–Crippen MR) is 104 cm³/mol. The van der Waals surface area contributed by atoms with Crippen molar-refractivity contribution in [2.75, 3.05) is 11.9 Å². The van der Waals surface area contributed by atoms with Crippen LogP contribution in [0.5, 0.6) is 0 Å². The highest BCUT2D eigenvalue weighted by Crippen LogP contribution is 2.37. The normalized spacial score (nSPS) is 15.6. The summed E-state index contributed by atoms with van der Waals surface area (Å²) < 4.78 is 12.9. The Hall–Kier alpha value is -2.95. The molecule has 26 heavy (non-hydrogen) atoms. The van der Waals surface area contributed by atoms with Crippen LogP contribution in [-0.2, 0) is 0 Å². The Bertz CT molecular complexity index is 898. The van der Waals surface area contributed by atoms with Crippen molar-refractivity contribution in [3.8, 4) is 0 Å². The lowest BCUT2D eigenvalue weighted by molar-refractivity contribution is 0.0955. The molecule has 0 spiro atoms. The Labute approximate surface area is 153 Å². The molecule has 0 atom stereocenters. The van der Waals surface area contributed by atoms with Crippen molar-refractivity contribution in [3.05, 3.63) is 71.0 Å². The molecule has 0 fully saturated rings. The quantitative estimate of drug-likeness (QED) is 0.665. The molecule has 0 saturated heterocycles. The summed E-state index contributed by atoms with van der Waals surface area (Å²) in [6.07, 6.45) is 3.85. The number of hydrogen-bond acceptors (Lipinski definition) is 3. The van der Waals surface area contributed by atoms with Gasteiger partial charge in [-0.15, -0.1) is 0 Å². The number of amides is 1. The molecule has 0 saturated carbocycles. The van der Waals surface area contributed by atoms with Crippen molar-refractivity contribution < 1.29 is 9.18 Å². The molecule has 0 aliphatic carbocycles. The van der Waals surface area contributed by atoms with E-state index < -0.39 is 0 Å².